The van der Waals surface area contributed by atoms with Crippen molar-refractivity contribution < 1.29 is 28.8 Å². The molecule has 1 aliphatic heterocycles. The average Bonchev–Trinajstić information content (AvgIpc) is 3.43. The lowest BCUT2D eigenvalue weighted by Gasteiger charge is -2.39. The first-order valence-corrected chi connectivity index (χ1v) is 13.9. The first-order chi connectivity index (χ1) is 19.3. The number of hydrogen-bond acceptors (Lipinski definition) is 6. The highest BCUT2D eigenvalue weighted by molar-refractivity contribution is 5.50. The van der Waals surface area contributed by atoms with Crippen LogP contribution in [0.1, 0.15) is 43.9 Å². The summed E-state index contributed by atoms with van der Waals surface area (Å²) in [7, 11) is 1.70. The molecule has 3 aromatic carbocycles. The quantitative estimate of drug-likeness (QED) is 0.326. The molecule has 0 radical (unpaired) electrons. The average molecular weight is 548 g/mol. The number of benzene rings is 3. The SMILES string of the molecule is CO[C@@]1(C)C=C(OCc2ccccc2)C(C2[C@@H](CC[C@H](O)c3ccc(F)cc3)OC(O)N2c2ccccc2)[C@H]1C. The number of ether oxygens (including phenoxy) is 3. The second-order valence-electron chi connectivity index (χ2n) is 10.9. The summed E-state index contributed by atoms with van der Waals surface area (Å²) >= 11 is 0. The highest BCUT2D eigenvalue weighted by Gasteiger charge is 2.55. The van der Waals surface area contributed by atoms with Crippen molar-refractivity contribution in [1.82, 2.24) is 0 Å². The fraction of sp³-hybridized carbons (Fsp3) is 0.394. The van der Waals surface area contributed by atoms with Crippen molar-refractivity contribution in [2.24, 2.45) is 11.8 Å². The summed E-state index contributed by atoms with van der Waals surface area (Å²) in [5, 5.41) is 22.1. The zero-order valence-corrected chi connectivity index (χ0v) is 23.2. The molecule has 7 heteroatoms. The van der Waals surface area contributed by atoms with E-state index in [9.17, 15) is 14.6 Å². The minimum atomic E-state index is -1.17. The minimum absolute atomic E-state index is 0.00194. The number of para-hydroxylation sites is 1. The normalized spacial score (nSPS) is 28.9. The summed E-state index contributed by atoms with van der Waals surface area (Å²) in [5.41, 5.74) is 1.96. The molecular weight excluding hydrogens is 509 g/mol. The smallest absolute Gasteiger partial charge is 0.238 e. The van der Waals surface area contributed by atoms with Crippen LogP contribution in [0, 0.1) is 17.7 Å². The zero-order valence-electron chi connectivity index (χ0n) is 23.2. The maximum absolute atomic E-state index is 13.4. The largest absolute Gasteiger partial charge is 0.493 e. The van der Waals surface area contributed by atoms with Crippen molar-refractivity contribution >= 4 is 5.69 Å². The highest BCUT2D eigenvalue weighted by Crippen LogP contribution is 2.49. The van der Waals surface area contributed by atoms with E-state index in [-0.39, 0.29) is 23.7 Å². The van der Waals surface area contributed by atoms with Gasteiger partial charge in [0, 0.05) is 24.6 Å². The predicted octanol–water partition coefficient (Wildman–Crippen LogP) is 5.96. The van der Waals surface area contributed by atoms with E-state index in [0.29, 0.717) is 25.0 Å². The van der Waals surface area contributed by atoms with Crippen LogP contribution in [0.4, 0.5) is 10.1 Å². The Morgan fingerprint density at radius 2 is 1.65 bits per heavy atom. The molecule has 7 atom stereocenters. The van der Waals surface area contributed by atoms with Crippen LogP contribution in [0.15, 0.2) is 96.8 Å². The van der Waals surface area contributed by atoms with Crippen molar-refractivity contribution in [3.63, 3.8) is 0 Å². The second kappa shape index (κ2) is 12.1. The third kappa shape index (κ3) is 5.79. The van der Waals surface area contributed by atoms with E-state index in [1.165, 1.54) is 12.1 Å². The molecule has 0 spiro atoms. The Morgan fingerprint density at radius 1 is 1.00 bits per heavy atom. The molecule has 1 saturated heterocycles. The van der Waals surface area contributed by atoms with Crippen LogP contribution in [0.25, 0.3) is 0 Å². The van der Waals surface area contributed by atoms with Crippen molar-refractivity contribution in [2.75, 3.05) is 12.0 Å². The number of aliphatic hydroxyl groups is 2. The fourth-order valence-electron chi connectivity index (χ4n) is 6.05. The summed E-state index contributed by atoms with van der Waals surface area (Å²) < 4.78 is 32.1. The Morgan fingerprint density at radius 3 is 2.30 bits per heavy atom. The van der Waals surface area contributed by atoms with E-state index in [1.54, 1.807) is 19.2 Å². The van der Waals surface area contributed by atoms with Gasteiger partial charge in [0.1, 0.15) is 18.2 Å². The number of methoxy groups -OCH3 is 1. The van der Waals surface area contributed by atoms with E-state index < -0.39 is 24.2 Å². The van der Waals surface area contributed by atoms with Crippen LogP contribution >= 0.6 is 0 Å². The molecule has 40 heavy (non-hydrogen) atoms. The van der Waals surface area contributed by atoms with Gasteiger partial charge in [-0.05, 0) is 61.2 Å². The van der Waals surface area contributed by atoms with E-state index >= 15 is 0 Å². The van der Waals surface area contributed by atoms with Gasteiger partial charge in [-0.25, -0.2) is 4.39 Å². The Labute approximate surface area is 235 Å². The summed E-state index contributed by atoms with van der Waals surface area (Å²) in [4.78, 5) is 1.91. The Balaban J connectivity index is 1.46. The van der Waals surface area contributed by atoms with Crippen LogP contribution in [-0.2, 0) is 20.8 Å². The number of rotatable bonds is 10. The summed E-state index contributed by atoms with van der Waals surface area (Å²) in [6.45, 7) is 4.60. The van der Waals surface area contributed by atoms with Crippen molar-refractivity contribution in [1.29, 1.82) is 0 Å². The number of nitrogens with zero attached hydrogens (tertiary/aromatic N) is 1. The number of anilines is 1. The molecule has 0 amide bonds. The van der Waals surface area contributed by atoms with Gasteiger partial charge in [-0.15, -0.1) is 0 Å². The predicted molar refractivity (Wildman–Crippen MR) is 152 cm³/mol. The molecule has 0 bridgehead atoms. The van der Waals surface area contributed by atoms with Crippen LogP contribution in [0.5, 0.6) is 0 Å². The van der Waals surface area contributed by atoms with Crippen LogP contribution < -0.4 is 4.90 Å². The van der Waals surface area contributed by atoms with Gasteiger partial charge in [0.15, 0.2) is 0 Å². The van der Waals surface area contributed by atoms with Crippen molar-refractivity contribution in [3.8, 4) is 0 Å². The maximum Gasteiger partial charge on any atom is 0.238 e. The molecule has 0 aromatic heterocycles. The lowest BCUT2D eigenvalue weighted by molar-refractivity contribution is -0.0951. The molecule has 1 fully saturated rings. The van der Waals surface area contributed by atoms with Gasteiger partial charge in [0.2, 0.25) is 6.41 Å². The molecule has 212 valence electrons. The summed E-state index contributed by atoms with van der Waals surface area (Å²) in [6, 6.07) is 25.3. The van der Waals surface area contributed by atoms with Gasteiger partial charge >= 0.3 is 0 Å². The standard InChI is InChI=1S/C33H38FNO5/c1-22-30(29(20-33(22,2)38-3)39-21-23-10-6-4-7-11-23)31-28(19-18-27(36)24-14-16-25(34)17-15-24)40-32(37)35(31)26-12-8-5-9-13-26/h4-17,20,22,27-28,30-32,36-37H,18-19,21H2,1-3H3/t22-,27+,28-,30?,31?,32?,33+/m1/s1. The van der Waals surface area contributed by atoms with Gasteiger partial charge in [-0.2, -0.15) is 0 Å². The van der Waals surface area contributed by atoms with E-state index in [2.05, 4.69) is 19.9 Å². The van der Waals surface area contributed by atoms with Crippen LogP contribution in [0.3, 0.4) is 0 Å². The number of halogens is 1. The molecular formula is C33H38FNO5. The minimum Gasteiger partial charge on any atom is -0.493 e. The van der Waals surface area contributed by atoms with Gasteiger partial charge in [0.25, 0.3) is 0 Å². The first kappa shape index (κ1) is 28.3. The van der Waals surface area contributed by atoms with Gasteiger partial charge in [0.05, 0.1) is 23.9 Å². The Hall–Kier alpha value is -3.23. The fourth-order valence-corrected chi connectivity index (χ4v) is 6.05. The molecule has 5 rings (SSSR count). The molecule has 6 nitrogen and oxygen atoms in total. The highest BCUT2D eigenvalue weighted by atomic mass is 19.1. The monoisotopic (exact) mass is 547 g/mol. The Kier molecular flexibility index (Phi) is 8.57. The molecule has 3 unspecified atom stereocenters. The Bertz CT molecular complexity index is 1270. The molecule has 2 aliphatic rings. The van der Waals surface area contributed by atoms with E-state index in [0.717, 1.165) is 17.0 Å². The topological polar surface area (TPSA) is 71.4 Å². The third-order valence-corrected chi connectivity index (χ3v) is 8.53. The lowest BCUT2D eigenvalue weighted by atomic mass is 9.79. The molecule has 0 saturated carbocycles. The number of hydrogen-bond donors (Lipinski definition) is 2. The van der Waals surface area contributed by atoms with Crippen LogP contribution in [-0.4, -0.2) is 41.5 Å². The van der Waals surface area contributed by atoms with Crippen molar-refractivity contribution in [2.45, 2.75) is 63.6 Å². The second-order valence-corrected chi connectivity index (χ2v) is 10.9. The molecule has 1 heterocycles. The third-order valence-electron chi connectivity index (χ3n) is 8.53. The molecule has 1 aliphatic carbocycles. The van der Waals surface area contributed by atoms with E-state index in [4.69, 9.17) is 14.2 Å². The molecule has 2 N–H and O–H groups in total. The van der Waals surface area contributed by atoms with Gasteiger partial charge < -0.3 is 29.3 Å². The molecule has 3 aromatic rings. The summed E-state index contributed by atoms with van der Waals surface area (Å²) in [5.74, 6) is 0.285. The van der Waals surface area contributed by atoms with Gasteiger partial charge in [-0.1, -0.05) is 67.6 Å². The number of aliphatic hydroxyl groups excluding tert-OH is 2. The first-order valence-electron chi connectivity index (χ1n) is 13.9. The van der Waals surface area contributed by atoms with Crippen molar-refractivity contribution in [3.05, 3.63) is 114 Å². The zero-order chi connectivity index (χ0) is 28.3. The van der Waals surface area contributed by atoms with Gasteiger partial charge in [-0.3, -0.25) is 0 Å². The van der Waals surface area contributed by atoms with Crippen LogP contribution in [0.2, 0.25) is 0 Å². The summed E-state index contributed by atoms with van der Waals surface area (Å²) in [6.07, 6.45) is 0.543. The lowest BCUT2D eigenvalue weighted by Crippen LogP contribution is -2.48. The van der Waals surface area contributed by atoms with E-state index in [1.807, 2.05) is 65.6 Å². The maximum atomic E-state index is 13.4.